The molecule has 0 fully saturated rings. The first-order valence-electron chi connectivity index (χ1n) is 10.4. The van der Waals surface area contributed by atoms with Gasteiger partial charge in [0, 0.05) is 0 Å². The molecule has 0 saturated carbocycles. The molecule has 0 saturated heterocycles. The second-order valence-corrected chi connectivity index (χ2v) is 7.48. The summed E-state index contributed by atoms with van der Waals surface area (Å²) in [5.74, 6) is -5.93. The molecule has 15 N–H and O–H groups in total. The first kappa shape index (κ1) is 57.0. The normalized spacial score (nSPS) is 18.9. The number of hydrogen-bond acceptors (Lipinski definition) is 21. The molecule has 0 aromatic heterocycles. The summed E-state index contributed by atoms with van der Waals surface area (Å²) in [5, 5.41) is 160. The second-order valence-electron chi connectivity index (χ2n) is 7.48. The fourth-order valence-corrected chi connectivity index (χ4v) is 1.99. The first-order valence-corrected chi connectivity index (χ1v) is 10.4. The van der Waals surface area contributed by atoms with E-state index in [1.54, 1.807) is 0 Å². The van der Waals surface area contributed by atoms with E-state index < -0.39 is 111 Å². The molecule has 0 heterocycles. The molecule has 0 aliphatic carbocycles. The average Bonchev–Trinajstić information content (AvgIpc) is 2.92. The van der Waals surface area contributed by atoms with Gasteiger partial charge in [-0.3, -0.25) is 0 Å². The fraction of sp³-hybridized carbons (Fsp3) is 0.833. The van der Waals surface area contributed by atoms with E-state index in [0.717, 1.165) is 0 Å². The summed E-state index contributed by atoms with van der Waals surface area (Å²) in [5.41, 5.74) is 0. The zero-order chi connectivity index (χ0) is 31.8. The Morgan fingerprint density at radius 2 is 0.524 bits per heavy atom. The molecule has 0 aromatic rings. The van der Waals surface area contributed by atoms with Crippen LogP contribution in [-0.2, 0) is 14.4 Å². The number of aliphatic hydroxyl groups is 15. The van der Waals surface area contributed by atoms with Gasteiger partial charge in [-0.2, -0.15) is 0 Å². The van der Waals surface area contributed by atoms with E-state index in [4.69, 9.17) is 76.6 Å². The second kappa shape index (κ2) is 31.0. The van der Waals surface area contributed by atoms with Gasteiger partial charge in [0.2, 0.25) is 0 Å². The zero-order valence-electron chi connectivity index (χ0n) is 22.7. The van der Waals surface area contributed by atoms with E-state index >= 15 is 0 Å². The topological polar surface area (TPSA) is 424 Å². The summed E-state index contributed by atoms with van der Waals surface area (Å²) in [6.07, 6.45) is -24.2. The van der Waals surface area contributed by atoms with Gasteiger partial charge in [0.25, 0.3) is 0 Å². The molecule has 0 aromatic carbocycles. The predicted octanol–water partition coefficient (Wildman–Crippen LogP) is -23.5. The van der Waals surface area contributed by atoms with Gasteiger partial charge in [0.05, 0.1) is 37.7 Å². The van der Waals surface area contributed by atoms with Crippen LogP contribution in [0.25, 0.3) is 0 Å². The first-order chi connectivity index (χ1) is 17.7. The van der Waals surface area contributed by atoms with Crippen LogP contribution in [0.4, 0.5) is 0 Å². The van der Waals surface area contributed by atoms with Crippen molar-refractivity contribution < 1.29 is 260 Å². The van der Waals surface area contributed by atoms with Crippen molar-refractivity contribution in [3.63, 3.8) is 0 Å². The van der Waals surface area contributed by atoms with Gasteiger partial charge >= 0.3 is 154 Å². The molecule has 0 radical (unpaired) electrons. The van der Waals surface area contributed by atoms with Crippen molar-refractivity contribution >= 4 is 17.9 Å². The monoisotopic (exact) mass is 702 g/mol. The third-order valence-electron chi connectivity index (χ3n) is 4.49. The summed E-state index contributed by atoms with van der Waals surface area (Å²) >= 11 is 0. The predicted molar refractivity (Wildman–Crippen MR) is 108 cm³/mol. The Morgan fingerprint density at radius 3 is 0.619 bits per heavy atom. The van der Waals surface area contributed by atoms with Crippen LogP contribution in [0.15, 0.2) is 0 Å². The van der Waals surface area contributed by atoms with Gasteiger partial charge in [0.1, 0.15) is 73.2 Å². The summed E-state index contributed by atoms with van der Waals surface area (Å²) < 4.78 is 0. The Balaban J connectivity index is -0.000000112. The van der Waals surface area contributed by atoms with Crippen LogP contribution in [0, 0.1) is 0 Å². The molecule has 0 aliphatic heterocycles. The molecule has 0 unspecified atom stereocenters. The summed E-state index contributed by atoms with van der Waals surface area (Å²) in [6.45, 7) is -2.59. The molecule has 234 valence electrons. The SMILES string of the molecule is O=C([O-])[C@H](O)[C@@H](O)[C@H](O)[C@H](O)CO.O=C([O-])[C@H](O)[C@@H](O)[C@H](O)[C@H](O)CO.O=C([O-])[C@H](O)[C@@H](O)[C@H](O)[C@H](O)CO.[K+].[K+].[K+]. The summed E-state index contributed by atoms with van der Waals surface area (Å²) in [4.78, 5) is 29.9. The molecule has 0 rings (SSSR count). The van der Waals surface area contributed by atoms with Crippen molar-refractivity contribution in [2.45, 2.75) is 73.2 Å². The number of carbonyl (C=O) groups excluding carboxylic acids is 3. The van der Waals surface area contributed by atoms with Gasteiger partial charge in [-0.15, -0.1) is 0 Å². The Morgan fingerprint density at radius 1 is 0.381 bits per heavy atom. The summed E-state index contributed by atoms with van der Waals surface area (Å²) in [6, 6.07) is 0. The Bertz CT molecular complexity index is 617. The molecular formula is C18H33K3O21. The molecule has 0 spiro atoms. The standard InChI is InChI=1S/3C6H12O7.3K/c3*7-1-2(8)3(9)4(10)5(11)6(12)13;;;/h3*2-5,7-11H,1H2,(H,12,13);;;/q;;;3*+1/p-3/t3*2-,3-,4+,5-;;;/m111.../s1. The van der Waals surface area contributed by atoms with Crippen LogP contribution in [0.5, 0.6) is 0 Å². The van der Waals surface area contributed by atoms with Crippen LogP contribution in [0.2, 0.25) is 0 Å². The maximum atomic E-state index is 9.98. The smallest absolute Gasteiger partial charge is 0.547 e. The largest absolute Gasteiger partial charge is 1.00 e. The molecule has 21 nitrogen and oxygen atoms in total. The van der Waals surface area contributed by atoms with Crippen molar-refractivity contribution in [3.05, 3.63) is 0 Å². The van der Waals surface area contributed by atoms with Gasteiger partial charge in [-0.1, -0.05) is 0 Å². The molecule has 42 heavy (non-hydrogen) atoms. The molecule has 12 atom stereocenters. The number of aliphatic carboxylic acids is 3. The van der Waals surface area contributed by atoms with Crippen LogP contribution < -0.4 is 169 Å². The number of carboxylic acids is 3. The maximum Gasteiger partial charge on any atom is 1.00 e. The van der Waals surface area contributed by atoms with Crippen molar-refractivity contribution in [3.8, 4) is 0 Å². The van der Waals surface area contributed by atoms with Crippen LogP contribution in [0.1, 0.15) is 0 Å². The minimum atomic E-state index is -2.31. The Kier molecular flexibility index (Phi) is 42.1. The number of rotatable bonds is 15. The van der Waals surface area contributed by atoms with E-state index in [0.29, 0.717) is 0 Å². The Hall–Kier alpha value is 2.72. The van der Waals surface area contributed by atoms with Gasteiger partial charge in [0.15, 0.2) is 0 Å². The van der Waals surface area contributed by atoms with E-state index in [-0.39, 0.29) is 154 Å². The van der Waals surface area contributed by atoms with E-state index in [1.165, 1.54) is 0 Å². The van der Waals surface area contributed by atoms with Gasteiger partial charge in [-0.05, 0) is 0 Å². The summed E-state index contributed by atoms with van der Waals surface area (Å²) in [7, 11) is 0. The molecule has 0 amide bonds. The van der Waals surface area contributed by atoms with Gasteiger partial charge in [-0.25, -0.2) is 0 Å². The minimum absolute atomic E-state index is 0. The van der Waals surface area contributed by atoms with Crippen LogP contribution in [0.3, 0.4) is 0 Å². The van der Waals surface area contributed by atoms with E-state index in [1.807, 2.05) is 0 Å². The number of aliphatic hydroxyl groups excluding tert-OH is 15. The van der Waals surface area contributed by atoms with Crippen molar-refractivity contribution in [1.29, 1.82) is 0 Å². The Labute approximate surface area is 365 Å². The van der Waals surface area contributed by atoms with E-state index in [9.17, 15) is 29.7 Å². The van der Waals surface area contributed by atoms with E-state index in [2.05, 4.69) is 0 Å². The zero-order valence-corrected chi connectivity index (χ0v) is 32.1. The number of carbonyl (C=O) groups is 3. The van der Waals surface area contributed by atoms with Gasteiger partial charge < -0.3 is 106 Å². The van der Waals surface area contributed by atoms with Crippen LogP contribution >= 0.6 is 0 Å². The van der Waals surface area contributed by atoms with Crippen LogP contribution in [-0.4, -0.2) is 188 Å². The molecular weight excluding hydrogens is 669 g/mol. The minimum Gasteiger partial charge on any atom is -0.547 e. The molecule has 24 heteroatoms. The fourth-order valence-electron chi connectivity index (χ4n) is 1.99. The third kappa shape index (κ3) is 23.1. The molecule has 0 aliphatic rings. The quantitative estimate of drug-likeness (QED) is 0.0704. The van der Waals surface area contributed by atoms with Crippen molar-refractivity contribution in [1.82, 2.24) is 0 Å². The average molecular weight is 703 g/mol. The molecule has 0 bridgehead atoms. The maximum absolute atomic E-state index is 9.98. The third-order valence-corrected chi connectivity index (χ3v) is 4.49. The van der Waals surface area contributed by atoms with Crippen molar-refractivity contribution in [2.24, 2.45) is 0 Å². The van der Waals surface area contributed by atoms with Crippen molar-refractivity contribution in [2.75, 3.05) is 19.8 Å². The number of hydrogen-bond donors (Lipinski definition) is 15. The number of carboxylic acid groups (broad SMARTS) is 3.